The van der Waals surface area contributed by atoms with Crippen LogP contribution >= 0.6 is 0 Å². The van der Waals surface area contributed by atoms with Crippen molar-refractivity contribution in [3.8, 4) is 0 Å². The number of furan rings is 1. The second kappa shape index (κ2) is 4.37. The van der Waals surface area contributed by atoms with Crippen LogP contribution in [-0.4, -0.2) is 25.0 Å². The fourth-order valence-corrected chi connectivity index (χ4v) is 1.89. The Morgan fingerprint density at radius 1 is 1.53 bits per heavy atom. The van der Waals surface area contributed by atoms with Crippen molar-refractivity contribution in [1.82, 2.24) is 10.2 Å². The third-order valence-electron chi connectivity index (χ3n) is 2.98. The Bertz CT molecular complexity index is 328. The molecule has 0 atom stereocenters. The fraction of sp³-hybridized carbons (Fsp3) is 0.667. The van der Waals surface area contributed by atoms with Crippen LogP contribution in [0, 0.1) is 6.92 Å². The van der Waals surface area contributed by atoms with Crippen molar-refractivity contribution in [2.24, 2.45) is 0 Å². The zero-order valence-electron chi connectivity index (χ0n) is 9.84. The topological polar surface area (TPSA) is 28.4 Å². The first kappa shape index (κ1) is 10.7. The van der Waals surface area contributed by atoms with E-state index in [1.807, 2.05) is 7.05 Å². The fourth-order valence-electron chi connectivity index (χ4n) is 1.89. The molecule has 0 amide bonds. The van der Waals surface area contributed by atoms with Crippen molar-refractivity contribution in [1.29, 1.82) is 0 Å². The molecule has 1 N–H and O–H groups in total. The molecule has 1 fully saturated rings. The zero-order valence-corrected chi connectivity index (χ0v) is 9.84. The van der Waals surface area contributed by atoms with Gasteiger partial charge in [0.2, 0.25) is 0 Å². The van der Waals surface area contributed by atoms with Gasteiger partial charge in [-0.15, -0.1) is 0 Å². The van der Waals surface area contributed by atoms with Gasteiger partial charge in [0, 0.05) is 6.04 Å². The van der Waals surface area contributed by atoms with Gasteiger partial charge in [-0.2, -0.15) is 0 Å². The number of aryl methyl sites for hydroxylation is 1. The molecule has 1 aliphatic carbocycles. The molecule has 3 heteroatoms. The van der Waals surface area contributed by atoms with Crippen LogP contribution in [0.3, 0.4) is 0 Å². The maximum atomic E-state index is 5.80. The van der Waals surface area contributed by atoms with Gasteiger partial charge in [0.15, 0.2) is 0 Å². The summed E-state index contributed by atoms with van der Waals surface area (Å²) in [4.78, 5) is 2.38. The lowest BCUT2D eigenvalue weighted by Gasteiger charge is -2.12. The van der Waals surface area contributed by atoms with Crippen LogP contribution < -0.4 is 5.32 Å². The van der Waals surface area contributed by atoms with E-state index < -0.39 is 0 Å². The Labute approximate surface area is 91.4 Å². The molecule has 0 radical (unpaired) electrons. The van der Waals surface area contributed by atoms with E-state index in [1.165, 1.54) is 18.4 Å². The lowest BCUT2D eigenvalue weighted by atomic mass is 10.2. The molecule has 1 aliphatic rings. The molecule has 1 heterocycles. The van der Waals surface area contributed by atoms with Crippen LogP contribution in [0.2, 0.25) is 0 Å². The SMILES string of the molecule is CNCc1oc(CN(C)C2CC2)cc1C. The summed E-state index contributed by atoms with van der Waals surface area (Å²) in [7, 11) is 4.12. The van der Waals surface area contributed by atoms with E-state index in [1.54, 1.807) is 0 Å². The summed E-state index contributed by atoms with van der Waals surface area (Å²) in [6.45, 7) is 3.87. The van der Waals surface area contributed by atoms with Gasteiger partial charge in [0.25, 0.3) is 0 Å². The van der Waals surface area contributed by atoms with Gasteiger partial charge in [0.1, 0.15) is 11.5 Å². The third kappa shape index (κ3) is 2.61. The van der Waals surface area contributed by atoms with Crippen LogP contribution in [0.1, 0.15) is 29.9 Å². The predicted molar refractivity (Wildman–Crippen MR) is 60.7 cm³/mol. The summed E-state index contributed by atoms with van der Waals surface area (Å²) >= 11 is 0. The average molecular weight is 208 g/mol. The first-order valence-corrected chi connectivity index (χ1v) is 5.63. The van der Waals surface area contributed by atoms with E-state index in [4.69, 9.17) is 4.42 Å². The average Bonchev–Trinajstić information content (AvgIpc) is 2.95. The van der Waals surface area contributed by atoms with E-state index in [0.29, 0.717) is 0 Å². The minimum Gasteiger partial charge on any atom is -0.463 e. The summed E-state index contributed by atoms with van der Waals surface area (Å²) < 4.78 is 5.80. The molecular formula is C12H20N2O. The van der Waals surface area contributed by atoms with E-state index in [0.717, 1.165) is 30.7 Å². The molecule has 0 bridgehead atoms. The van der Waals surface area contributed by atoms with Crippen molar-refractivity contribution >= 4 is 0 Å². The summed E-state index contributed by atoms with van der Waals surface area (Å²) in [6.07, 6.45) is 2.69. The Hall–Kier alpha value is -0.800. The standard InChI is InChI=1S/C12H20N2O/c1-9-6-11(15-12(9)7-13-2)8-14(3)10-4-5-10/h6,10,13H,4-5,7-8H2,1-3H3. The quantitative estimate of drug-likeness (QED) is 0.801. The summed E-state index contributed by atoms with van der Waals surface area (Å²) in [5.74, 6) is 2.16. The van der Waals surface area contributed by atoms with Crippen LogP contribution in [0.5, 0.6) is 0 Å². The monoisotopic (exact) mass is 208 g/mol. The molecule has 0 saturated heterocycles. The number of nitrogens with one attached hydrogen (secondary N) is 1. The van der Waals surface area contributed by atoms with Gasteiger partial charge in [-0.05, 0) is 45.5 Å². The van der Waals surface area contributed by atoms with Gasteiger partial charge in [-0.1, -0.05) is 0 Å². The molecule has 0 spiro atoms. The van der Waals surface area contributed by atoms with Gasteiger partial charge >= 0.3 is 0 Å². The Morgan fingerprint density at radius 2 is 2.27 bits per heavy atom. The summed E-state index contributed by atoms with van der Waals surface area (Å²) in [5.41, 5.74) is 1.25. The third-order valence-corrected chi connectivity index (χ3v) is 2.98. The molecule has 84 valence electrons. The highest BCUT2D eigenvalue weighted by atomic mass is 16.3. The Kier molecular flexibility index (Phi) is 3.12. The van der Waals surface area contributed by atoms with Crippen LogP contribution in [0.4, 0.5) is 0 Å². The number of hydrogen-bond donors (Lipinski definition) is 1. The van der Waals surface area contributed by atoms with Gasteiger partial charge in [-0.25, -0.2) is 0 Å². The van der Waals surface area contributed by atoms with Crippen molar-refractivity contribution in [2.45, 2.75) is 38.9 Å². The van der Waals surface area contributed by atoms with E-state index in [2.05, 4.69) is 30.3 Å². The van der Waals surface area contributed by atoms with Gasteiger partial charge in [-0.3, -0.25) is 4.90 Å². The van der Waals surface area contributed by atoms with E-state index >= 15 is 0 Å². The molecule has 2 rings (SSSR count). The molecule has 3 nitrogen and oxygen atoms in total. The van der Waals surface area contributed by atoms with E-state index in [-0.39, 0.29) is 0 Å². The maximum Gasteiger partial charge on any atom is 0.120 e. The van der Waals surface area contributed by atoms with E-state index in [9.17, 15) is 0 Å². The number of nitrogens with zero attached hydrogens (tertiary/aromatic N) is 1. The summed E-state index contributed by atoms with van der Waals surface area (Å²) in [5, 5.41) is 3.12. The van der Waals surface area contributed by atoms with Crippen LogP contribution in [0.25, 0.3) is 0 Å². The summed E-state index contributed by atoms with van der Waals surface area (Å²) in [6, 6.07) is 2.95. The van der Waals surface area contributed by atoms with Gasteiger partial charge < -0.3 is 9.73 Å². The second-order valence-electron chi connectivity index (χ2n) is 4.50. The predicted octanol–water partition coefficient (Wildman–Crippen LogP) is 1.90. The normalized spacial score (nSPS) is 16.3. The first-order chi connectivity index (χ1) is 7.20. The molecule has 1 aromatic heterocycles. The maximum absolute atomic E-state index is 5.80. The lowest BCUT2D eigenvalue weighted by molar-refractivity contribution is 0.281. The Balaban J connectivity index is 1.98. The largest absolute Gasteiger partial charge is 0.463 e. The number of hydrogen-bond acceptors (Lipinski definition) is 3. The smallest absolute Gasteiger partial charge is 0.120 e. The van der Waals surface area contributed by atoms with Crippen LogP contribution in [0.15, 0.2) is 10.5 Å². The second-order valence-corrected chi connectivity index (χ2v) is 4.50. The lowest BCUT2D eigenvalue weighted by Crippen LogP contribution is -2.19. The molecule has 1 aromatic rings. The van der Waals surface area contributed by atoms with Crippen molar-refractivity contribution in [3.63, 3.8) is 0 Å². The highest BCUT2D eigenvalue weighted by molar-refractivity contribution is 5.20. The highest BCUT2D eigenvalue weighted by Crippen LogP contribution is 2.27. The minimum atomic E-state index is 0.795. The molecule has 0 aliphatic heterocycles. The number of rotatable bonds is 5. The molecule has 0 unspecified atom stereocenters. The van der Waals surface area contributed by atoms with Crippen molar-refractivity contribution in [3.05, 3.63) is 23.2 Å². The van der Waals surface area contributed by atoms with Crippen molar-refractivity contribution < 1.29 is 4.42 Å². The van der Waals surface area contributed by atoms with Crippen molar-refractivity contribution in [2.75, 3.05) is 14.1 Å². The molecule has 0 aromatic carbocycles. The van der Waals surface area contributed by atoms with Gasteiger partial charge in [0.05, 0.1) is 13.1 Å². The minimum absolute atomic E-state index is 0.795. The highest BCUT2D eigenvalue weighted by Gasteiger charge is 2.26. The Morgan fingerprint density at radius 3 is 2.87 bits per heavy atom. The molecule has 1 saturated carbocycles. The molecule has 15 heavy (non-hydrogen) atoms. The molecular weight excluding hydrogens is 188 g/mol. The zero-order chi connectivity index (χ0) is 10.8. The first-order valence-electron chi connectivity index (χ1n) is 5.63. The van der Waals surface area contributed by atoms with Crippen LogP contribution in [-0.2, 0) is 13.1 Å².